The van der Waals surface area contributed by atoms with Gasteiger partial charge in [-0.1, -0.05) is 35.3 Å². The Hall–Kier alpha value is -2.51. The van der Waals surface area contributed by atoms with Gasteiger partial charge in [0.05, 0.1) is 10.0 Å². The number of rotatable bonds is 6. The molecule has 0 aliphatic rings. The third-order valence-corrected chi connectivity index (χ3v) is 3.40. The van der Waals surface area contributed by atoms with E-state index in [0.717, 1.165) is 12.1 Å². The Labute approximate surface area is 152 Å². The molecule has 2 aromatic carbocycles. The average molecular weight is 387 g/mol. The highest BCUT2D eigenvalue weighted by atomic mass is 35.5. The van der Waals surface area contributed by atoms with Crippen LogP contribution in [0.4, 0.5) is 4.39 Å². The lowest BCUT2D eigenvalue weighted by Gasteiger charge is -2.11. The molecule has 2 N–H and O–H groups in total. The third-order valence-electron chi connectivity index (χ3n) is 2.79. The Morgan fingerprint density at radius 2 is 1.44 bits per heavy atom. The fraction of sp³-hybridized carbons (Fsp3) is 0.125. The van der Waals surface area contributed by atoms with Crippen LogP contribution in [0, 0.1) is 5.82 Å². The van der Waals surface area contributed by atoms with Crippen LogP contribution in [-0.2, 0) is 9.59 Å². The van der Waals surface area contributed by atoms with Gasteiger partial charge in [-0.05, 0) is 30.3 Å². The summed E-state index contributed by atoms with van der Waals surface area (Å²) in [7, 11) is 0. The topological polar surface area (TPSA) is 76.7 Å². The number of nitrogens with one attached hydrogen (secondary N) is 2. The van der Waals surface area contributed by atoms with Crippen LogP contribution in [0.2, 0.25) is 10.0 Å². The van der Waals surface area contributed by atoms with Gasteiger partial charge in [0.15, 0.2) is 13.2 Å². The quantitative estimate of drug-likeness (QED) is 0.748. The van der Waals surface area contributed by atoms with Crippen LogP contribution in [0.5, 0.6) is 11.5 Å². The first-order chi connectivity index (χ1) is 12.0. The van der Waals surface area contributed by atoms with Crippen molar-refractivity contribution in [2.24, 2.45) is 0 Å². The molecule has 0 saturated carbocycles. The number of halogens is 3. The summed E-state index contributed by atoms with van der Waals surface area (Å²) in [6.45, 7) is -0.758. The monoisotopic (exact) mass is 386 g/mol. The summed E-state index contributed by atoms with van der Waals surface area (Å²) >= 11 is 11.6. The third kappa shape index (κ3) is 6.13. The first-order valence-corrected chi connectivity index (χ1v) is 7.74. The molecule has 2 amide bonds. The Kier molecular flexibility index (Phi) is 6.85. The highest BCUT2D eigenvalue weighted by Gasteiger charge is 2.09. The van der Waals surface area contributed by atoms with Gasteiger partial charge in [-0.15, -0.1) is 0 Å². The summed E-state index contributed by atoms with van der Waals surface area (Å²) in [5.41, 5.74) is 4.29. The summed E-state index contributed by atoms with van der Waals surface area (Å²) in [4.78, 5) is 23.2. The Morgan fingerprint density at radius 1 is 0.880 bits per heavy atom. The SMILES string of the molecule is O=C(COc1ccccc1Cl)NNC(=O)COc1ccc(F)cc1Cl. The molecule has 9 heteroatoms. The second-order valence-electron chi connectivity index (χ2n) is 4.68. The van der Waals surface area contributed by atoms with Gasteiger partial charge in [0, 0.05) is 0 Å². The molecule has 0 unspecified atom stereocenters. The second kappa shape index (κ2) is 9.10. The second-order valence-corrected chi connectivity index (χ2v) is 5.49. The maximum atomic E-state index is 12.9. The molecule has 6 nitrogen and oxygen atoms in total. The van der Waals surface area contributed by atoms with Gasteiger partial charge in [0.25, 0.3) is 11.8 Å². The van der Waals surface area contributed by atoms with Crippen molar-refractivity contribution in [3.63, 3.8) is 0 Å². The molecule has 0 aliphatic carbocycles. The van der Waals surface area contributed by atoms with Gasteiger partial charge in [-0.25, -0.2) is 4.39 Å². The van der Waals surface area contributed by atoms with Gasteiger partial charge in [0.1, 0.15) is 17.3 Å². The van der Waals surface area contributed by atoms with Crippen LogP contribution in [-0.4, -0.2) is 25.0 Å². The van der Waals surface area contributed by atoms with Crippen molar-refractivity contribution in [1.82, 2.24) is 10.9 Å². The van der Waals surface area contributed by atoms with Gasteiger partial charge < -0.3 is 9.47 Å². The van der Waals surface area contributed by atoms with Crippen molar-refractivity contribution in [1.29, 1.82) is 0 Å². The minimum atomic E-state index is -0.633. The van der Waals surface area contributed by atoms with E-state index in [1.165, 1.54) is 6.07 Å². The molecule has 0 spiro atoms. The fourth-order valence-corrected chi connectivity index (χ4v) is 2.06. The molecule has 132 valence electrons. The van der Waals surface area contributed by atoms with Crippen LogP contribution in [0.3, 0.4) is 0 Å². The van der Waals surface area contributed by atoms with Crippen molar-refractivity contribution >= 4 is 35.0 Å². The molecule has 0 aliphatic heterocycles. The van der Waals surface area contributed by atoms with E-state index in [0.29, 0.717) is 10.8 Å². The number of carbonyl (C=O) groups is 2. The van der Waals surface area contributed by atoms with Gasteiger partial charge in [0.2, 0.25) is 0 Å². The maximum Gasteiger partial charge on any atom is 0.276 e. The summed E-state index contributed by atoms with van der Waals surface area (Å²) in [6, 6.07) is 10.2. The lowest BCUT2D eigenvalue weighted by Crippen LogP contribution is -2.45. The molecule has 0 bridgehead atoms. The molecular weight excluding hydrogens is 374 g/mol. The van der Waals surface area contributed by atoms with E-state index in [9.17, 15) is 14.0 Å². The molecule has 2 aromatic rings. The molecule has 0 radical (unpaired) electrons. The zero-order chi connectivity index (χ0) is 18.2. The van der Waals surface area contributed by atoms with Crippen LogP contribution in [0.25, 0.3) is 0 Å². The lowest BCUT2D eigenvalue weighted by atomic mass is 10.3. The molecule has 25 heavy (non-hydrogen) atoms. The minimum absolute atomic E-state index is 0.0324. The van der Waals surface area contributed by atoms with E-state index < -0.39 is 24.2 Å². The van der Waals surface area contributed by atoms with E-state index >= 15 is 0 Å². The number of carbonyl (C=O) groups excluding carboxylic acids is 2. The van der Waals surface area contributed by atoms with Crippen LogP contribution in [0.1, 0.15) is 0 Å². The number of benzene rings is 2. The average Bonchev–Trinajstić information content (AvgIpc) is 2.58. The summed E-state index contributed by atoms with van der Waals surface area (Å²) < 4.78 is 23.2. The highest BCUT2D eigenvalue weighted by molar-refractivity contribution is 6.32. The normalized spacial score (nSPS) is 10.0. The Bertz CT molecular complexity index is 774. The van der Waals surface area contributed by atoms with Crippen molar-refractivity contribution < 1.29 is 23.5 Å². The molecule has 0 heterocycles. The molecule has 0 fully saturated rings. The van der Waals surface area contributed by atoms with E-state index in [4.69, 9.17) is 32.7 Å². The number of hydrazine groups is 1. The standard InChI is InChI=1S/C16H13Cl2FN2O4/c17-11-3-1-2-4-13(11)24-8-15(22)20-21-16(23)9-25-14-6-5-10(19)7-12(14)18/h1-7H,8-9H2,(H,20,22)(H,21,23). The summed E-state index contributed by atoms with van der Waals surface area (Å²) in [5, 5.41) is 0.397. The number of ether oxygens (including phenoxy) is 2. The van der Waals surface area contributed by atoms with Crippen molar-refractivity contribution in [2.45, 2.75) is 0 Å². The summed E-state index contributed by atoms with van der Waals surface area (Å²) in [6.07, 6.45) is 0. The van der Waals surface area contributed by atoms with Crippen LogP contribution < -0.4 is 20.3 Å². The molecule has 0 saturated heterocycles. The van der Waals surface area contributed by atoms with Crippen LogP contribution in [0.15, 0.2) is 42.5 Å². The number of para-hydroxylation sites is 1. The predicted molar refractivity (Wildman–Crippen MR) is 90.1 cm³/mol. The first kappa shape index (κ1) is 18.8. The fourth-order valence-electron chi connectivity index (χ4n) is 1.65. The van der Waals surface area contributed by atoms with Gasteiger partial charge in [-0.3, -0.25) is 20.4 Å². The smallest absolute Gasteiger partial charge is 0.276 e. The van der Waals surface area contributed by atoms with Crippen LogP contribution >= 0.6 is 23.2 Å². The number of hydrogen-bond acceptors (Lipinski definition) is 4. The number of amides is 2. The Morgan fingerprint density at radius 3 is 2.00 bits per heavy atom. The lowest BCUT2D eigenvalue weighted by molar-refractivity contribution is -0.131. The molecular formula is C16H13Cl2FN2O4. The van der Waals surface area contributed by atoms with E-state index in [1.54, 1.807) is 24.3 Å². The summed E-state index contributed by atoms with van der Waals surface area (Å²) in [5.74, 6) is -1.25. The van der Waals surface area contributed by atoms with Gasteiger partial charge in [-0.2, -0.15) is 0 Å². The van der Waals surface area contributed by atoms with Crippen molar-refractivity contribution in [3.8, 4) is 11.5 Å². The Balaban J connectivity index is 1.70. The largest absolute Gasteiger partial charge is 0.482 e. The number of hydrogen-bond donors (Lipinski definition) is 2. The van der Waals surface area contributed by atoms with Crippen molar-refractivity contribution in [2.75, 3.05) is 13.2 Å². The zero-order valence-electron chi connectivity index (χ0n) is 12.7. The minimum Gasteiger partial charge on any atom is -0.482 e. The zero-order valence-corrected chi connectivity index (χ0v) is 14.2. The molecule has 0 aromatic heterocycles. The van der Waals surface area contributed by atoms with E-state index in [-0.39, 0.29) is 17.4 Å². The first-order valence-electron chi connectivity index (χ1n) is 6.98. The van der Waals surface area contributed by atoms with E-state index in [2.05, 4.69) is 10.9 Å². The molecule has 2 rings (SSSR count). The predicted octanol–water partition coefficient (Wildman–Crippen LogP) is 2.74. The highest BCUT2D eigenvalue weighted by Crippen LogP contribution is 2.24. The van der Waals surface area contributed by atoms with Crippen molar-refractivity contribution in [3.05, 3.63) is 58.3 Å². The van der Waals surface area contributed by atoms with Gasteiger partial charge >= 0.3 is 0 Å². The maximum absolute atomic E-state index is 12.9. The molecule has 0 atom stereocenters. The van der Waals surface area contributed by atoms with E-state index in [1.807, 2.05) is 0 Å².